The third kappa shape index (κ3) is 142. The molecule has 29 heavy (non-hydrogen) atoms. The fourth-order valence-electron chi connectivity index (χ4n) is 0.732. The number of hydrogen-bond acceptors (Lipinski definition) is 1. The van der Waals surface area contributed by atoms with Crippen molar-refractivity contribution in [3.8, 4) is 0 Å². The monoisotopic (exact) mass is 400 g/mol. The zero-order chi connectivity index (χ0) is 26.1. The van der Waals surface area contributed by atoms with Crippen LogP contribution in [0.25, 0.3) is 6.08 Å². The second kappa shape index (κ2) is 155. The lowest BCUT2D eigenvalue weighted by Gasteiger charge is -1.87. The number of carboxylic acid groups (broad SMARTS) is 1. The Labute approximate surface area is 182 Å². The lowest BCUT2D eigenvalue weighted by atomic mass is 10.2. The average molecular weight is 401 g/mol. The summed E-state index contributed by atoms with van der Waals surface area (Å²) >= 11 is 0. The van der Waals surface area contributed by atoms with Gasteiger partial charge in [0.05, 0.1) is 0 Å². The molecular weight excluding hydrogens is 356 g/mol. The summed E-state index contributed by atoms with van der Waals surface area (Å²) in [7, 11) is 0. The van der Waals surface area contributed by atoms with Crippen molar-refractivity contribution in [1.29, 1.82) is 0 Å². The van der Waals surface area contributed by atoms with E-state index >= 15 is 0 Å². The zero-order valence-electron chi connectivity index (χ0n) is 18.6. The Morgan fingerprint density at radius 3 is 1.00 bits per heavy atom. The molecule has 0 aliphatic heterocycles. The van der Waals surface area contributed by atoms with E-state index in [1.807, 2.05) is 30.3 Å². The van der Waals surface area contributed by atoms with Gasteiger partial charge >= 0.3 is 5.97 Å². The maximum absolute atomic E-state index is 10.1. The summed E-state index contributed by atoms with van der Waals surface area (Å²) in [4.78, 5) is 10.1. The topological polar surface area (TPSA) is 37.3 Å². The molecule has 0 aliphatic carbocycles. The number of rotatable bonds is 2. The Morgan fingerprint density at radius 2 is 0.793 bits per heavy atom. The first-order chi connectivity index (χ1) is 14.3. The Hall–Kier alpha value is -3.91. The molecule has 0 amide bonds. The van der Waals surface area contributed by atoms with Gasteiger partial charge in [-0.05, 0) is 11.6 Å². The second-order valence-electron chi connectivity index (χ2n) is 2.08. The molecule has 0 aliphatic rings. The van der Waals surface area contributed by atoms with Gasteiger partial charge in [0, 0.05) is 6.08 Å². The number of aliphatic carboxylic acids is 1. The largest absolute Gasteiger partial charge is 0.478 e. The highest BCUT2D eigenvalue weighted by molar-refractivity contribution is 5.85. The predicted molar refractivity (Wildman–Crippen MR) is 144 cm³/mol. The molecule has 0 unspecified atom stereocenters. The van der Waals surface area contributed by atoms with Crippen LogP contribution in [0.5, 0.6) is 0 Å². The fourth-order valence-corrected chi connectivity index (χ4v) is 0.732. The van der Waals surface area contributed by atoms with E-state index in [0.29, 0.717) is 0 Å². The standard InChI is InChI=1S/C9H8O2.9C2H4/c10-9(11)7-6-8-4-2-1-3-5-8;9*1-2/h1-7H,(H,10,11);9*1-2H2. The van der Waals surface area contributed by atoms with Crippen LogP contribution in [-0.4, -0.2) is 11.1 Å². The SMILES string of the molecule is C=C.C=C.C=C.C=C.C=C.C=C.C=C.C=C.C=C.O=C(O)C=Cc1ccccc1. The van der Waals surface area contributed by atoms with Crippen molar-refractivity contribution in [2.45, 2.75) is 0 Å². The molecule has 2 nitrogen and oxygen atoms in total. The minimum absolute atomic E-state index is 0.898. The molecule has 0 bridgehead atoms. The Bertz CT molecular complexity index is 354. The van der Waals surface area contributed by atoms with E-state index in [1.54, 1.807) is 6.08 Å². The first kappa shape index (κ1) is 56.2. The van der Waals surface area contributed by atoms with Gasteiger partial charge in [0.15, 0.2) is 0 Å². The molecule has 0 spiro atoms. The summed E-state index contributed by atoms with van der Waals surface area (Å²) in [5.74, 6) is -0.922. The van der Waals surface area contributed by atoms with Gasteiger partial charge in [-0.1, -0.05) is 30.3 Å². The lowest BCUT2D eigenvalue weighted by molar-refractivity contribution is -0.131. The Kier molecular flexibility index (Phi) is 301. The molecule has 0 atom stereocenters. The first-order valence-corrected chi connectivity index (χ1v) is 7.75. The lowest BCUT2D eigenvalue weighted by Crippen LogP contribution is -1.85. The van der Waals surface area contributed by atoms with Crippen LogP contribution in [0.4, 0.5) is 0 Å². The van der Waals surface area contributed by atoms with Crippen LogP contribution in [0.3, 0.4) is 0 Å². The molecule has 0 radical (unpaired) electrons. The Balaban J connectivity index is -0.0000000270. The van der Waals surface area contributed by atoms with Crippen molar-refractivity contribution in [2.24, 2.45) is 0 Å². The van der Waals surface area contributed by atoms with E-state index in [9.17, 15) is 4.79 Å². The summed E-state index contributed by atoms with van der Waals surface area (Å²) in [5, 5.41) is 8.29. The second-order valence-corrected chi connectivity index (χ2v) is 2.08. The van der Waals surface area contributed by atoms with Gasteiger partial charge in [0.25, 0.3) is 0 Å². The highest BCUT2D eigenvalue weighted by Gasteiger charge is 1.85. The summed E-state index contributed by atoms with van der Waals surface area (Å²) in [6.45, 7) is 54.0. The van der Waals surface area contributed by atoms with Crippen molar-refractivity contribution in [3.05, 3.63) is 160 Å². The molecule has 0 saturated heterocycles. The van der Waals surface area contributed by atoms with Crippen LogP contribution in [0, 0.1) is 0 Å². The summed E-state index contributed by atoms with van der Waals surface area (Å²) in [6, 6.07) is 9.31. The van der Waals surface area contributed by atoms with Crippen molar-refractivity contribution in [1.82, 2.24) is 0 Å². The molecule has 1 aromatic carbocycles. The summed E-state index contributed by atoms with van der Waals surface area (Å²) in [6.07, 6.45) is 2.68. The fraction of sp³-hybridized carbons (Fsp3) is 0. The highest BCUT2D eigenvalue weighted by atomic mass is 16.4. The minimum atomic E-state index is -0.922. The van der Waals surface area contributed by atoms with Crippen LogP contribution in [-0.2, 0) is 4.79 Å². The van der Waals surface area contributed by atoms with Gasteiger partial charge in [-0.2, -0.15) is 0 Å². The maximum atomic E-state index is 10.1. The zero-order valence-corrected chi connectivity index (χ0v) is 18.6. The smallest absolute Gasteiger partial charge is 0.328 e. The summed E-state index contributed by atoms with van der Waals surface area (Å²) in [5.41, 5.74) is 0.898. The van der Waals surface area contributed by atoms with E-state index in [2.05, 4.69) is 118 Å². The van der Waals surface area contributed by atoms with Crippen molar-refractivity contribution >= 4 is 12.0 Å². The highest BCUT2D eigenvalue weighted by Crippen LogP contribution is 1.99. The van der Waals surface area contributed by atoms with Gasteiger partial charge in [-0.15, -0.1) is 118 Å². The maximum Gasteiger partial charge on any atom is 0.328 e. The predicted octanol–water partition coefficient (Wildman–Crippen LogP) is 9.00. The molecular formula is C27H44O2. The van der Waals surface area contributed by atoms with E-state index in [1.165, 1.54) is 0 Å². The van der Waals surface area contributed by atoms with Crippen LogP contribution in [0.2, 0.25) is 0 Å². The van der Waals surface area contributed by atoms with Crippen molar-refractivity contribution < 1.29 is 9.90 Å². The van der Waals surface area contributed by atoms with Gasteiger partial charge in [-0.3, -0.25) is 0 Å². The molecule has 1 rings (SSSR count). The van der Waals surface area contributed by atoms with Crippen molar-refractivity contribution in [2.75, 3.05) is 0 Å². The quantitative estimate of drug-likeness (QED) is 0.397. The molecule has 1 aromatic rings. The van der Waals surface area contributed by atoms with E-state index < -0.39 is 5.97 Å². The van der Waals surface area contributed by atoms with Crippen LogP contribution in [0.1, 0.15) is 5.56 Å². The van der Waals surface area contributed by atoms with Gasteiger partial charge in [0.2, 0.25) is 0 Å². The molecule has 0 fully saturated rings. The van der Waals surface area contributed by atoms with Gasteiger partial charge in [0.1, 0.15) is 0 Å². The number of carboxylic acids is 1. The third-order valence-electron chi connectivity index (χ3n) is 1.22. The molecule has 0 heterocycles. The van der Waals surface area contributed by atoms with Crippen LogP contribution < -0.4 is 0 Å². The van der Waals surface area contributed by atoms with E-state index in [0.717, 1.165) is 11.6 Å². The first-order valence-electron chi connectivity index (χ1n) is 7.75. The van der Waals surface area contributed by atoms with Gasteiger partial charge in [-0.25, -0.2) is 4.79 Å². The molecule has 0 saturated carbocycles. The number of benzene rings is 1. The van der Waals surface area contributed by atoms with E-state index in [-0.39, 0.29) is 0 Å². The van der Waals surface area contributed by atoms with Crippen molar-refractivity contribution in [3.63, 3.8) is 0 Å². The third-order valence-corrected chi connectivity index (χ3v) is 1.22. The van der Waals surface area contributed by atoms with Crippen LogP contribution >= 0.6 is 0 Å². The average Bonchev–Trinajstić information content (AvgIpc) is 2.89. The van der Waals surface area contributed by atoms with Gasteiger partial charge < -0.3 is 5.11 Å². The summed E-state index contributed by atoms with van der Waals surface area (Å²) < 4.78 is 0. The van der Waals surface area contributed by atoms with Crippen LogP contribution in [0.15, 0.2) is 155 Å². The number of hydrogen-bond donors (Lipinski definition) is 1. The number of carbonyl (C=O) groups is 1. The molecule has 164 valence electrons. The normalized spacial score (nSPS) is 5.10. The Morgan fingerprint density at radius 1 is 0.552 bits per heavy atom. The molecule has 0 aromatic heterocycles. The molecule has 2 heteroatoms. The minimum Gasteiger partial charge on any atom is -0.478 e. The van der Waals surface area contributed by atoms with E-state index in [4.69, 9.17) is 5.11 Å². The molecule has 1 N–H and O–H groups in total.